The van der Waals surface area contributed by atoms with Gasteiger partial charge in [0.15, 0.2) is 0 Å². The van der Waals surface area contributed by atoms with E-state index >= 15 is 0 Å². The lowest BCUT2D eigenvalue weighted by atomic mass is 10.2. The summed E-state index contributed by atoms with van der Waals surface area (Å²) < 4.78 is 6.53. The molecule has 0 aliphatic carbocycles. The molecule has 2 rings (SSSR count). The number of hydrogen-bond donors (Lipinski definition) is 1. The van der Waals surface area contributed by atoms with E-state index in [1.165, 1.54) is 4.57 Å². The van der Waals surface area contributed by atoms with Crippen molar-refractivity contribution in [3.63, 3.8) is 0 Å². The second-order valence-corrected chi connectivity index (χ2v) is 6.14. The van der Waals surface area contributed by atoms with Gasteiger partial charge in [-0.05, 0) is 32.8 Å². The monoisotopic (exact) mass is 337 g/mol. The van der Waals surface area contributed by atoms with Crippen LogP contribution in [0.5, 0.6) is 0 Å². The number of fused-ring (bicyclic) bond motifs is 1. The molecule has 8 heteroatoms. The molecule has 2 N–H and O–H groups in total. The van der Waals surface area contributed by atoms with Gasteiger partial charge in [-0.3, -0.25) is 14.2 Å². The highest BCUT2D eigenvalue weighted by Gasteiger charge is 2.21. The van der Waals surface area contributed by atoms with Crippen LogP contribution in [0.2, 0.25) is 0 Å². The largest absolute Gasteiger partial charge is 0.462 e. The predicted octanol–water partition coefficient (Wildman–Crippen LogP) is 1.52. The fourth-order valence-corrected chi connectivity index (χ4v) is 3.50. The maximum Gasteiger partial charge on any atom is 0.348 e. The van der Waals surface area contributed by atoms with Crippen LogP contribution >= 0.6 is 11.3 Å². The number of hydrogen-bond acceptors (Lipinski definition) is 6. The Bertz CT molecular complexity index is 822. The molecule has 0 atom stereocenters. The maximum absolute atomic E-state index is 12.7. The average Bonchev–Trinajstić information content (AvgIpc) is 2.79. The van der Waals surface area contributed by atoms with Crippen LogP contribution in [0, 0.1) is 13.8 Å². The Morgan fingerprint density at radius 1 is 1.35 bits per heavy atom. The van der Waals surface area contributed by atoms with Gasteiger partial charge in [0.2, 0.25) is 5.91 Å². The minimum Gasteiger partial charge on any atom is -0.462 e. The van der Waals surface area contributed by atoms with Gasteiger partial charge in [-0.2, -0.15) is 0 Å². The van der Waals surface area contributed by atoms with Crippen molar-refractivity contribution in [2.75, 3.05) is 6.61 Å². The summed E-state index contributed by atoms with van der Waals surface area (Å²) in [4.78, 5) is 40.8. The number of carbonyl (C=O) groups excluding carboxylic acids is 2. The Balaban J connectivity index is 2.48. The standard InChI is InChI=1S/C15H19N3O4S/c1-4-22-15(21)12-8(2)11-13(23-12)17-9(3)18(14(11)20)7-5-6-10(16)19/h4-7H2,1-3H3,(H2,16,19). The summed E-state index contributed by atoms with van der Waals surface area (Å²) in [6.45, 7) is 5.81. The lowest BCUT2D eigenvalue weighted by Gasteiger charge is -2.08. The van der Waals surface area contributed by atoms with Crippen molar-refractivity contribution in [1.82, 2.24) is 9.55 Å². The number of aromatic nitrogens is 2. The molecule has 0 fully saturated rings. The van der Waals surface area contributed by atoms with Gasteiger partial charge in [-0.1, -0.05) is 0 Å². The number of thiophene rings is 1. The number of rotatable bonds is 6. The van der Waals surface area contributed by atoms with E-state index in [2.05, 4.69) is 4.98 Å². The summed E-state index contributed by atoms with van der Waals surface area (Å²) in [5, 5.41) is 0.433. The Morgan fingerprint density at radius 2 is 2.04 bits per heavy atom. The van der Waals surface area contributed by atoms with Crippen LogP contribution in [0.15, 0.2) is 4.79 Å². The Morgan fingerprint density at radius 3 is 2.65 bits per heavy atom. The van der Waals surface area contributed by atoms with Gasteiger partial charge in [0.05, 0.1) is 12.0 Å². The van der Waals surface area contributed by atoms with Crippen LogP contribution in [0.3, 0.4) is 0 Å². The lowest BCUT2D eigenvalue weighted by molar-refractivity contribution is -0.118. The average molecular weight is 337 g/mol. The number of ether oxygens (including phenoxy) is 1. The summed E-state index contributed by atoms with van der Waals surface area (Å²) in [7, 11) is 0. The van der Waals surface area contributed by atoms with Gasteiger partial charge in [0.1, 0.15) is 15.5 Å². The van der Waals surface area contributed by atoms with E-state index in [1.54, 1.807) is 20.8 Å². The predicted molar refractivity (Wildman–Crippen MR) is 87.7 cm³/mol. The first-order chi connectivity index (χ1) is 10.9. The molecule has 2 aromatic heterocycles. The summed E-state index contributed by atoms with van der Waals surface area (Å²) in [6.07, 6.45) is 0.678. The van der Waals surface area contributed by atoms with E-state index in [1.807, 2.05) is 0 Å². The van der Waals surface area contributed by atoms with E-state index in [9.17, 15) is 14.4 Å². The lowest BCUT2D eigenvalue weighted by Crippen LogP contribution is -2.24. The quantitative estimate of drug-likeness (QED) is 0.805. The van der Waals surface area contributed by atoms with Gasteiger partial charge in [0.25, 0.3) is 5.56 Å². The number of amides is 1. The first kappa shape index (κ1) is 17.1. The highest BCUT2D eigenvalue weighted by molar-refractivity contribution is 7.20. The van der Waals surface area contributed by atoms with Gasteiger partial charge < -0.3 is 10.5 Å². The number of carbonyl (C=O) groups is 2. The number of aryl methyl sites for hydroxylation is 2. The van der Waals surface area contributed by atoms with Crippen LogP contribution in [0.1, 0.15) is 40.8 Å². The van der Waals surface area contributed by atoms with Crippen molar-refractivity contribution in [1.29, 1.82) is 0 Å². The van der Waals surface area contributed by atoms with Crippen LogP contribution in [0.25, 0.3) is 10.2 Å². The fraction of sp³-hybridized carbons (Fsp3) is 0.467. The molecular weight excluding hydrogens is 318 g/mol. The zero-order valence-corrected chi connectivity index (χ0v) is 14.2. The van der Waals surface area contributed by atoms with E-state index in [0.29, 0.717) is 39.4 Å². The molecule has 23 heavy (non-hydrogen) atoms. The molecule has 124 valence electrons. The molecule has 2 aromatic rings. The van der Waals surface area contributed by atoms with Crippen LogP contribution < -0.4 is 11.3 Å². The number of primary amides is 1. The van der Waals surface area contributed by atoms with Gasteiger partial charge in [0, 0.05) is 13.0 Å². The SMILES string of the molecule is CCOC(=O)c1sc2nc(C)n(CCCC(N)=O)c(=O)c2c1C. The van der Waals surface area contributed by atoms with Crippen molar-refractivity contribution in [2.45, 2.75) is 40.2 Å². The van der Waals surface area contributed by atoms with Crippen molar-refractivity contribution in [3.05, 3.63) is 26.6 Å². The second kappa shape index (κ2) is 6.91. The van der Waals surface area contributed by atoms with E-state index in [0.717, 1.165) is 11.3 Å². The summed E-state index contributed by atoms with van der Waals surface area (Å²) >= 11 is 1.16. The third-order valence-electron chi connectivity index (χ3n) is 3.51. The van der Waals surface area contributed by atoms with Crippen molar-refractivity contribution < 1.29 is 14.3 Å². The topological polar surface area (TPSA) is 104 Å². The van der Waals surface area contributed by atoms with E-state index in [-0.39, 0.29) is 18.6 Å². The molecule has 0 unspecified atom stereocenters. The Kier molecular flexibility index (Phi) is 5.15. The number of nitrogens with two attached hydrogens (primary N) is 1. The summed E-state index contributed by atoms with van der Waals surface area (Å²) in [5.74, 6) is -0.296. The van der Waals surface area contributed by atoms with Crippen molar-refractivity contribution in [3.8, 4) is 0 Å². The van der Waals surface area contributed by atoms with Crippen molar-refractivity contribution in [2.24, 2.45) is 5.73 Å². The zero-order chi connectivity index (χ0) is 17.1. The Hall–Kier alpha value is -2.22. The first-order valence-electron chi connectivity index (χ1n) is 7.32. The fourth-order valence-electron chi connectivity index (χ4n) is 2.38. The molecule has 0 bridgehead atoms. The third kappa shape index (κ3) is 3.42. The molecule has 0 radical (unpaired) electrons. The number of nitrogens with zero attached hydrogens (tertiary/aromatic N) is 2. The summed E-state index contributed by atoms with van der Waals surface area (Å²) in [5.41, 5.74) is 5.50. The van der Waals surface area contributed by atoms with E-state index < -0.39 is 11.9 Å². The Labute approximate surface area is 137 Å². The molecular formula is C15H19N3O4S. The smallest absolute Gasteiger partial charge is 0.348 e. The van der Waals surface area contributed by atoms with E-state index in [4.69, 9.17) is 10.5 Å². The molecule has 1 amide bonds. The van der Waals surface area contributed by atoms with Gasteiger partial charge in [-0.25, -0.2) is 9.78 Å². The second-order valence-electron chi connectivity index (χ2n) is 5.14. The minimum absolute atomic E-state index is 0.207. The van der Waals surface area contributed by atoms with Crippen LogP contribution in [-0.2, 0) is 16.1 Å². The highest BCUT2D eigenvalue weighted by Crippen LogP contribution is 2.28. The zero-order valence-electron chi connectivity index (χ0n) is 13.3. The molecule has 7 nitrogen and oxygen atoms in total. The molecule has 0 aliphatic rings. The molecule has 0 saturated carbocycles. The summed E-state index contributed by atoms with van der Waals surface area (Å²) in [6, 6.07) is 0. The van der Waals surface area contributed by atoms with Crippen LogP contribution in [0.4, 0.5) is 0 Å². The molecule has 0 aliphatic heterocycles. The first-order valence-corrected chi connectivity index (χ1v) is 8.14. The molecule has 0 saturated heterocycles. The molecule has 0 spiro atoms. The van der Waals surface area contributed by atoms with Crippen LogP contribution in [-0.4, -0.2) is 28.0 Å². The van der Waals surface area contributed by atoms with Gasteiger partial charge in [-0.15, -0.1) is 11.3 Å². The maximum atomic E-state index is 12.7. The molecule has 0 aromatic carbocycles. The minimum atomic E-state index is -0.440. The molecule has 2 heterocycles. The highest BCUT2D eigenvalue weighted by atomic mass is 32.1. The normalized spacial score (nSPS) is 10.9. The third-order valence-corrected chi connectivity index (χ3v) is 4.67. The van der Waals surface area contributed by atoms with Crippen molar-refractivity contribution >= 4 is 33.4 Å². The number of esters is 1. The van der Waals surface area contributed by atoms with Gasteiger partial charge >= 0.3 is 5.97 Å².